The molecular weight excluding hydrogens is 409 g/mol. The Morgan fingerprint density at radius 1 is 1.09 bits per heavy atom. The summed E-state index contributed by atoms with van der Waals surface area (Å²) in [6.07, 6.45) is 3.43. The van der Waals surface area contributed by atoms with Gasteiger partial charge in [-0.15, -0.1) is 0 Å². The molecular formula is C23H32BN3O5. The fourth-order valence-corrected chi connectivity index (χ4v) is 3.18. The van der Waals surface area contributed by atoms with E-state index in [4.69, 9.17) is 18.8 Å². The largest absolute Gasteiger partial charge is 0.494 e. The van der Waals surface area contributed by atoms with Crippen molar-refractivity contribution in [2.75, 3.05) is 20.3 Å². The summed E-state index contributed by atoms with van der Waals surface area (Å²) in [5.74, 6) is 0.985. The van der Waals surface area contributed by atoms with Gasteiger partial charge in [0.05, 0.1) is 23.9 Å². The lowest BCUT2D eigenvalue weighted by Crippen LogP contribution is -2.41. The highest BCUT2D eigenvalue weighted by atomic mass is 16.7. The Morgan fingerprint density at radius 3 is 2.31 bits per heavy atom. The average molecular weight is 441 g/mol. The van der Waals surface area contributed by atoms with E-state index >= 15 is 0 Å². The molecule has 0 radical (unpaired) electrons. The van der Waals surface area contributed by atoms with Crippen LogP contribution in [0.1, 0.15) is 62.4 Å². The first kappa shape index (κ1) is 24.2. The summed E-state index contributed by atoms with van der Waals surface area (Å²) >= 11 is 0. The predicted octanol–water partition coefficient (Wildman–Crippen LogP) is 2.60. The Balaban J connectivity index is 1.85. The number of rotatable bonds is 8. The van der Waals surface area contributed by atoms with Gasteiger partial charge in [0.15, 0.2) is 0 Å². The Morgan fingerprint density at radius 2 is 1.72 bits per heavy atom. The molecule has 8 nitrogen and oxygen atoms in total. The number of carbonyl (C=O) groups is 1. The number of hydrogen-bond donors (Lipinski definition) is 1. The van der Waals surface area contributed by atoms with E-state index in [-0.39, 0.29) is 11.9 Å². The highest BCUT2D eigenvalue weighted by molar-refractivity contribution is 6.62. The van der Waals surface area contributed by atoms with Crippen molar-refractivity contribution in [1.82, 2.24) is 15.3 Å². The molecule has 1 atom stereocenters. The lowest BCUT2D eigenvalue weighted by molar-refractivity contribution is 0.00578. The van der Waals surface area contributed by atoms with Crippen molar-refractivity contribution < 1.29 is 23.6 Å². The quantitative estimate of drug-likeness (QED) is 0.497. The standard InChI is InChI=1S/C23H32BN3O5/c1-15(18-13-25-16(2)26-14-18)27-21(28)17-10-19(12-20(11-17)30-9-8-29-7)24-31-22(3,4)23(5,6)32-24/h10-15H,8-9H2,1-7H3,(H,27,28). The zero-order valence-electron chi connectivity index (χ0n) is 19.9. The summed E-state index contributed by atoms with van der Waals surface area (Å²) in [7, 11) is 1.000. The van der Waals surface area contributed by atoms with Gasteiger partial charge in [0.25, 0.3) is 5.91 Å². The fourth-order valence-electron chi connectivity index (χ4n) is 3.18. The minimum atomic E-state index is -0.611. The van der Waals surface area contributed by atoms with E-state index in [0.29, 0.717) is 30.4 Å². The summed E-state index contributed by atoms with van der Waals surface area (Å²) in [6, 6.07) is 5.06. The highest BCUT2D eigenvalue weighted by Crippen LogP contribution is 2.36. The van der Waals surface area contributed by atoms with Crippen LogP contribution in [-0.4, -0.2) is 54.5 Å². The van der Waals surface area contributed by atoms with E-state index in [9.17, 15) is 4.79 Å². The van der Waals surface area contributed by atoms with Gasteiger partial charge in [0.1, 0.15) is 18.2 Å². The number of amides is 1. The Hall–Kier alpha value is -2.49. The highest BCUT2D eigenvalue weighted by Gasteiger charge is 2.51. The third-order valence-electron chi connectivity index (χ3n) is 5.92. The van der Waals surface area contributed by atoms with Crippen molar-refractivity contribution in [3.63, 3.8) is 0 Å². The van der Waals surface area contributed by atoms with Crippen LogP contribution in [0.4, 0.5) is 0 Å². The molecule has 2 aromatic rings. The van der Waals surface area contributed by atoms with E-state index in [1.54, 1.807) is 31.6 Å². The van der Waals surface area contributed by atoms with Gasteiger partial charge in [-0.05, 0) is 65.2 Å². The third kappa shape index (κ3) is 5.46. The number of aryl methyl sites for hydroxylation is 1. The topological polar surface area (TPSA) is 91.8 Å². The minimum Gasteiger partial charge on any atom is -0.491 e. The molecule has 1 aromatic heterocycles. The van der Waals surface area contributed by atoms with E-state index in [2.05, 4.69) is 15.3 Å². The number of aromatic nitrogens is 2. The van der Waals surface area contributed by atoms with Gasteiger partial charge in [-0.3, -0.25) is 4.79 Å². The number of benzene rings is 1. The van der Waals surface area contributed by atoms with E-state index in [0.717, 1.165) is 11.0 Å². The summed E-state index contributed by atoms with van der Waals surface area (Å²) in [6.45, 7) is 12.5. The van der Waals surface area contributed by atoms with Gasteiger partial charge < -0.3 is 24.1 Å². The zero-order chi connectivity index (χ0) is 23.5. The molecule has 1 unspecified atom stereocenters. The van der Waals surface area contributed by atoms with Gasteiger partial charge in [0, 0.05) is 30.6 Å². The van der Waals surface area contributed by atoms with E-state index in [1.807, 2.05) is 47.6 Å². The van der Waals surface area contributed by atoms with Gasteiger partial charge >= 0.3 is 7.12 Å². The summed E-state index contributed by atoms with van der Waals surface area (Å²) < 4.78 is 23.2. The molecule has 0 aliphatic carbocycles. The maximum absolute atomic E-state index is 13.1. The second-order valence-electron chi connectivity index (χ2n) is 8.98. The molecule has 0 saturated carbocycles. The molecule has 172 valence electrons. The molecule has 3 rings (SSSR count). The maximum Gasteiger partial charge on any atom is 0.494 e. The Bertz CT molecular complexity index is 933. The molecule has 1 saturated heterocycles. The van der Waals surface area contributed by atoms with Crippen LogP contribution in [-0.2, 0) is 14.0 Å². The molecule has 1 N–H and O–H groups in total. The molecule has 0 bridgehead atoms. The minimum absolute atomic E-state index is 0.243. The smallest absolute Gasteiger partial charge is 0.491 e. The fraction of sp³-hybridized carbons (Fsp3) is 0.522. The van der Waals surface area contributed by atoms with Crippen molar-refractivity contribution in [1.29, 1.82) is 0 Å². The molecule has 1 fully saturated rings. The van der Waals surface area contributed by atoms with Gasteiger partial charge in [-0.2, -0.15) is 0 Å². The molecule has 0 spiro atoms. The van der Waals surface area contributed by atoms with Crippen molar-refractivity contribution in [2.45, 2.75) is 58.8 Å². The van der Waals surface area contributed by atoms with E-state index in [1.165, 1.54) is 0 Å². The second-order valence-corrected chi connectivity index (χ2v) is 8.98. The van der Waals surface area contributed by atoms with Crippen molar-refractivity contribution >= 4 is 18.5 Å². The number of nitrogens with one attached hydrogen (secondary N) is 1. The first-order chi connectivity index (χ1) is 15.0. The molecule has 2 heterocycles. The molecule has 1 aliphatic rings. The monoisotopic (exact) mass is 441 g/mol. The SMILES string of the molecule is COCCOc1cc(B2OC(C)(C)C(C)(C)O2)cc(C(=O)NC(C)c2cnc(C)nc2)c1. The van der Waals surface area contributed by atoms with Crippen LogP contribution in [0, 0.1) is 6.92 Å². The van der Waals surface area contributed by atoms with Gasteiger partial charge in [-0.25, -0.2) is 9.97 Å². The lowest BCUT2D eigenvalue weighted by atomic mass is 9.78. The van der Waals surface area contributed by atoms with E-state index < -0.39 is 18.3 Å². The number of methoxy groups -OCH3 is 1. The van der Waals surface area contributed by atoms with Crippen LogP contribution in [0.5, 0.6) is 5.75 Å². The molecule has 1 amide bonds. The van der Waals surface area contributed by atoms with Crippen LogP contribution in [0.25, 0.3) is 0 Å². The average Bonchev–Trinajstić information content (AvgIpc) is 2.95. The second kappa shape index (κ2) is 9.56. The van der Waals surface area contributed by atoms with Crippen LogP contribution >= 0.6 is 0 Å². The molecule has 1 aromatic carbocycles. The van der Waals surface area contributed by atoms with Crippen molar-refractivity contribution in [3.05, 3.63) is 47.5 Å². The van der Waals surface area contributed by atoms with Gasteiger partial charge in [-0.1, -0.05) is 0 Å². The van der Waals surface area contributed by atoms with Crippen LogP contribution in [0.3, 0.4) is 0 Å². The summed E-state index contributed by atoms with van der Waals surface area (Å²) in [5.41, 5.74) is 1.00. The molecule has 1 aliphatic heterocycles. The number of carbonyl (C=O) groups excluding carboxylic acids is 1. The van der Waals surface area contributed by atoms with Crippen LogP contribution in [0.2, 0.25) is 0 Å². The summed E-state index contributed by atoms with van der Waals surface area (Å²) in [4.78, 5) is 21.5. The Labute approximate surface area is 190 Å². The van der Waals surface area contributed by atoms with Crippen molar-refractivity contribution in [3.8, 4) is 5.75 Å². The Kier molecular flexibility index (Phi) is 7.22. The molecule has 9 heteroatoms. The third-order valence-corrected chi connectivity index (χ3v) is 5.92. The van der Waals surface area contributed by atoms with Gasteiger partial charge in [0.2, 0.25) is 0 Å². The van der Waals surface area contributed by atoms with Crippen molar-refractivity contribution in [2.24, 2.45) is 0 Å². The zero-order valence-corrected chi connectivity index (χ0v) is 19.9. The number of ether oxygens (including phenoxy) is 2. The lowest BCUT2D eigenvalue weighted by Gasteiger charge is -2.32. The number of hydrogen-bond acceptors (Lipinski definition) is 7. The molecule has 32 heavy (non-hydrogen) atoms. The number of nitrogens with zero attached hydrogens (tertiary/aromatic N) is 2. The normalized spacial score (nSPS) is 17.8. The first-order valence-corrected chi connectivity index (χ1v) is 10.7. The van der Waals surface area contributed by atoms with Crippen LogP contribution < -0.4 is 15.5 Å². The predicted molar refractivity (Wildman–Crippen MR) is 122 cm³/mol. The summed E-state index contributed by atoms with van der Waals surface area (Å²) in [5, 5.41) is 3.00. The maximum atomic E-state index is 13.1. The first-order valence-electron chi connectivity index (χ1n) is 10.7. The van der Waals surface area contributed by atoms with Crippen LogP contribution in [0.15, 0.2) is 30.6 Å².